The molecule has 3 rings (SSSR count). The largest absolute Gasteiger partial charge is 0.494 e. The van der Waals surface area contributed by atoms with Gasteiger partial charge in [-0.1, -0.05) is 0 Å². The molecule has 1 N–H and O–H groups in total. The predicted octanol–water partition coefficient (Wildman–Crippen LogP) is 3.27. The van der Waals surface area contributed by atoms with Gasteiger partial charge in [0.25, 0.3) is 0 Å². The van der Waals surface area contributed by atoms with Gasteiger partial charge in [0.15, 0.2) is 3.95 Å². The Morgan fingerprint density at radius 2 is 2.21 bits per heavy atom. The van der Waals surface area contributed by atoms with E-state index in [0.717, 1.165) is 9.87 Å². The maximum atomic E-state index is 9.81. The van der Waals surface area contributed by atoms with Crippen molar-refractivity contribution in [2.24, 2.45) is 5.92 Å². The van der Waals surface area contributed by atoms with Gasteiger partial charge < -0.3 is 5.11 Å². The molecule has 76 valence electrons. The summed E-state index contributed by atoms with van der Waals surface area (Å²) in [6, 6.07) is 0. The molecule has 1 heterocycles. The summed E-state index contributed by atoms with van der Waals surface area (Å²) in [6.07, 6.45) is 6.27. The van der Waals surface area contributed by atoms with Gasteiger partial charge in [0, 0.05) is 5.54 Å². The standard InChI is InChI=1S/C10H13NOS2/c12-8-6-14-9(13)11(8)10-3-1-7(5-10)2-4-10/h6-7,12H,1-5H2. The molecule has 2 aliphatic carbocycles. The molecule has 0 saturated heterocycles. The molecule has 1 aromatic heterocycles. The number of aromatic hydroxyl groups is 1. The van der Waals surface area contributed by atoms with Crippen molar-refractivity contribution in [2.75, 3.05) is 0 Å². The van der Waals surface area contributed by atoms with E-state index in [9.17, 15) is 5.11 Å². The number of nitrogens with zero attached hydrogens (tertiary/aromatic N) is 1. The summed E-state index contributed by atoms with van der Waals surface area (Å²) in [4.78, 5) is 0. The third-order valence-corrected chi connectivity index (χ3v) is 5.04. The highest BCUT2D eigenvalue weighted by atomic mass is 32.1. The third-order valence-electron chi connectivity index (χ3n) is 3.86. The lowest BCUT2D eigenvalue weighted by atomic mass is 9.93. The molecule has 2 bridgehead atoms. The first kappa shape index (κ1) is 8.92. The van der Waals surface area contributed by atoms with E-state index in [1.54, 1.807) is 5.38 Å². The van der Waals surface area contributed by atoms with E-state index < -0.39 is 0 Å². The van der Waals surface area contributed by atoms with Crippen LogP contribution in [0.5, 0.6) is 5.88 Å². The second-order valence-electron chi connectivity index (χ2n) is 4.57. The first-order valence-electron chi connectivity index (χ1n) is 5.11. The van der Waals surface area contributed by atoms with Crippen LogP contribution in [0.1, 0.15) is 32.1 Å². The minimum atomic E-state index is 0.186. The lowest BCUT2D eigenvalue weighted by Crippen LogP contribution is -2.27. The molecule has 4 heteroatoms. The molecule has 2 fully saturated rings. The average Bonchev–Trinajstić information content (AvgIpc) is 2.81. The zero-order valence-electron chi connectivity index (χ0n) is 7.90. The fourth-order valence-corrected chi connectivity index (χ4v) is 4.35. The Bertz CT molecular complexity index is 412. The first-order valence-corrected chi connectivity index (χ1v) is 6.40. The number of thiazole rings is 1. The topological polar surface area (TPSA) is 25.2 Å². The Morgan fingerprint density at radius 1 is 1.50 bits per heavy atom. The predicted molar refractivity (Wildman–Crippen MR) is 59.4 cm³/mol. The van der Waals surface area contributed by atoms with E-state index in [2.05, 4.69) is 0 Å². The van der Waals surface area contributed by atoms with Crippen LogP contribution in [-0.2, 0) is 5.54 Å². The van der Waals surface area contributed by atoms with Gasteiger partial charge in [-0.3, -0.25) is 4.57 Å². The van der Waals surface area contributed by atoms with Crippen LogP contribution in [0.3, 0.4) is 0 Å². The highest BCUT2D eigenvalue weighted by Crippen LogP contribution is 2.54. The average molecular weight is 227 g/mol. The van der Waals surface area contributed by atoms with Crippen molar-refractivity contribution in [1.29, 1.82) is 0 Å². The molecule has 0 aromatic carbocycles. The summed E-state index contributed by atoms with van der Waals surface area (Å²) < 4.78 is 2.85. The molecule has 0 spiro atoms. The van der Waals surface area contributed by atoms with Crippen molar-refractivity contribution in [2.45, 2.75) is 37.6 Å². The molecule has 2 aliphatic rings. The molecular formula is C10H13NOS2. The van der Waals surface area contributed by atoms with E-state index in [1.807, 2.05) is 4.57 Å². The van der Waals surface area contributed by atoms with Gasteiger partial charge in [-0.2, -0.15) is 0 Å². The first-order chi connectivity index (χ1) is 6.71. The zero-order valence-corrected chi connectivity index (χ0v) is 9.53. The summed E-state index contributed by atoms with van der Waals surface area (Å²) in [6.45, 7) is 0. The van der Waals surface area contributed by atoms with Crippen LogP contribution in [0, 0.1) is 9.87 Å². The summed E-state index contributed by atoms with van der Waals surface area (Å²) in [5.41, 5.74) is 0.186. The minimum Gasteiger partial charge on any atom is -0.494 e. The second kappa shape index (κ2) is 2.83. The number of aromatic nitrogens is 1. The third kappa shape index (κ3) is 1.04. The van der Waals surface area contributed by atoms with Crippen molar-refractivity contribution in [3.8, 4) is 5.88 Å². The van der Waals surface area contributed by atoms with E-state index in [4.69, 9.17) is 12.2 Å². The number of fused-ring (bicyclic) bond motifs is 2. The lowest BCUT2D eigenvalue weighted by molar-refractivity contribution is 0.256. The maximum absolute atomic E-state index is 9.81. The van der Waals surface area contributed by atoms with Gasteiger partial charge in [0.2, 0.25) is 5.88 Å². The Kier molecular flexibility index (Phi) is 1.80. The maximum Gasteiger partial charge on any atom is 0.203 e. The fourth-order valence-electron chi connectivity index (χ4n) is 3.21. The summed E-state index contributed by atoms with van der Waals surface area (Å²) in [5, 5.41) is 11.6. The van der Waals surface area contributed by atoms with Gasteiger partial charge in [0.1, 0.15) is 0 Å². The van der Waals surface area contributed by atoms with Crippen LogP contribution >= 0.6 is 23.6 Å². The number of hydrogen-bond acceptors (Lipinski definition) is 3. The molecule has 14 heavy (non-hydrogen) atoms. The van der Waals surface area contributed by atoms with E-state index in [1.165, 1.54) is 43.4 Å². The SMILES string of the molecule is Oc1csc(=S)n1C12CCC(CC1)C2. The molecule has 0 unspecified atom stereocenters. The van der Waals surface area contributed by atoms with Gasteiger partial charge in [-0.25, -0.2) is 0 Å². The van der Waals surface area contributed by atoms with Crippen LogP contribution in [0.15, 0.2) is 5.38 Å². The Hall–Kier alpha value is -0.350. The molecule has 0 aliphatic heterocycles. The zero-order chi connectivity index (χ0) is 9.76. The van der Waals surface area contributed by atoms with Crippen molar-refractivity contribution in [3.63, 3.8) is 0 Å². The van der Waals surface area contributed by atoms with Crippen LogP contribution in [0.2, 0.25) is 0 Å². The summed E-state index contributed by atoms with van der Waals surface area (Å²) in [5.74, 6) is 1.26. The van der Waals surface area contributed by atoms with E-state index in [-0.39, 0.29) is 5.54 Å². The normalized spacial score (nSPS) is 35.3. The molecule has 0 radical (unpaired) electrons. The second-order valence-corrected chi connectivity index (χ2v) is 6.07. The van der Waals surface area contributed by atoms with Gasteiger partial charge in [0.05, 0.1) is 5.38 Å². The monoisotopic (exact) mass is 227 g/mol. The molecule has 0 atom stereocenters. The van der Waals surface area contributed by atoms with E-state index in [0.29, 0.717) is 5.88 Å². The van der Waals surface area contributed by atoms with Crippen molar-refractivity contribution in [1.82, 2.24) is 4.57 Å². The van der Waals surface area contributed by atoms with Crippen LogP contribution < -0.4 is 0 Å². The van der Waals surface area contributed by atoms with Gasteiger partial charge in [-0.15, -0.1) is 11.3 Å². The van der Waals surface area contributed by atoms with E-state index >= 15 is 0 Å². The highest BCUT2D eigenvalue weighted by Gasteiger charge is 2.47. The van der Waals surface area contributed by atoms with Crippen molar-refractivity contribution in [3.05, 3.63) is 9.33 Å². The quantitative estimate of drug-likeness (QED) is 0.745. The van der Waals surface area contributed by atoms with Crippen molar-refractivity contribution >= 4 is 23.6 Å². The smallest absolute Gasteiger partial charge is 0.203 e. The van der Waals surface area contributed by atoms with Crippen LogP contribution in [0.25, 0.3) is 0 Å². The minimum absolute atomic E-state index is 0.186. The Balaban J connectivity index is 2.14. The Morgan fingerprint density at radius 3 is 2.64 bits per heavy atom. The summed E-state index contributed by atoms with van der Waals surface area (Å²) >= 11 is 6.77. The molecule has 2 nitrogen and oxygen atoms in total. The Labute approximate surface area is 92.2 Å². The summed E-state index contributed by atoms with van der Waals surface area (Å²) in [7, 11) is 0. The molecular weight excluding hydrogens is 214 g/mol. The van der Waals surface area contributed by atoms with Crippen molar-refractivity contribution < 1.29 is 5.11 Å². The number of hydrogen-bond donors (Lipinski definition) is 1. The van der Waals surface area contributed by atoms with Gasteiger partial charge >= 0.3 is 0 Å². The van der Waals surface area contributed by atoms with Crippen LogP contribution in [0.4, 0.5) is 0 Å². The van der Waals surface area contributed by atoms with Gasteiger partial charge in [-0.05, 0) is 50.2 Å². The molecule has 1 aromatic rings. The lowest BCUT2D eigenvalue weighted by Gasteiger charge is -2.28. The fraction of sp³-hybridized carbons (Fsp3) is 0.700. The molecule has 2 saturated carbocycles. The van der Waals surface area contributed by atoms with Crippen LogP contribution in [-0.4, -0.2) is 9.67 Å². The number of rotatable bonds is 1. The highest BCUT2D eigenvalue weighted by molar-refractivity contribution is 7.73. The molecule has 0 amide bonds.